The van der Waals surface area contributed by atoms with Crippen LogP contribution in [0.15, 0.2) is 36.5 Å². The van der Waals surface area contributed by atoms with Crippen molar-refractivity contribution in [2.75, 3.05) is 6.61 Å². The van der Waals surface area contributed by atoms with E-state index in [0.717, 1.165) is 24.5 Å². The van der Waals surface area contributed by atoms with Crippen LogP contribution in [0.3, 0.4) is 0 Å². The van der Waals surface area contributed by atoms with Gasteiger partial charge in [-0.25, -0.2) is 0 Å². The highest BCUT2D eigenvalue weighted by molar-refractivity contribution is 5.86. The highest BCUT2D eigenvalue weighted by Crippen LogP contribution is 2.28. The molecule has 3 aromatic rings. The molecule has 0 bridgehead atoms. The highest BCUT2D eigenvalue weighted by atomic mass is 16.5. The summed E-state index contributed by atoms with van der Waals surface area (Å²) in [5.74, 6) is 1.56. The number of benzene rings is 2. The molecule has 2 nitrogen and oxygen atoms in total. The average Bonchev–Trinajstić information content (AvgIpc) is 2.55. The highest BCUT2D eigenvalue weighted by Gasteiger charge is 2.11. The summed E-state index contributed by atoms with van der Waals surface area (Å²) >= 11 is 0. The van der Waals surface area contributed by atoms with Crippen LogP contribution in [-0.2, 0) is 6.42 Å². The van der Waals surface area contributed by atoms with Gasteiger partial charge in [0.05, 0.1) is 12.3 Å². The smallest absolute Gasteiger partial charge is 0.125 e. The van der Waals surface area contributed by atoms with Crippen LogP contribution in [0.2, 0.25) is 0 Å². The monoisotopic (exact) mass is 347 g/mol. The number of hydrogen-bond acceptors (Lipinski definition) is 2. The fourth-order valence-electron chi connectivity index (χ4n) is 3.46. The van der Waals surface area contributed by atoms with Crippen LogP contribution in [0.25, 0.3) is 10.8 Å². The van der Waals surface area contributed by atoms with Crippen LogP contribution in [0.1, 0.15) is 47.4 Å². The molecule has 0 saturated carbocycles. The molecule has 0 radical (unpaired) electrons. The van der Waals surface area contributed by atoms with E-state index in [1.807, 2.05) is 6.20 Å². The van der Waals surface area contributed by atoms with Crippen LogP contribution >= 0.6 is 0 Å². The quantitative estimate of drug-likeness (QED) is 0.557. The van der Waals surface area contributed by atoms with Crippen molar-refractivity contribution in [2.24, 2.45) is 5.92 Å². The van der Waals surface area contributed by atoms with Crippen molar-refractivity contribution in [3.05, 3.63) is 70.0 Å². The third-order valence-electron chi connectivity index (χ3n) is 4.91. The summed E-state index contributed by atoms with van der Waals surface area (Å²) in [6.07, 6.45) is 2.76. The Balaban J connectivity index is 1.94. The normalized spacial score (nSPS) is 11.3. The summed E-state index contributed by atoms with van der Waals surface area (Å²) in [6.45, 7) is 13.7. The first-order valence-corrected chi connectivity index (χ1v) is 9.43. The third kappa shape index (κ3) is 3.90. The number of pyridine rings is 1. The van der Waals surface area contributed by atoms with E-state index >= 15 is 0 Å². The maximum atomic E-state index is 6.02. The van der Waals surface area contributed by atoms with E-state index in [4.69, 9.17) is 4.74 Å². The summed E-state index contributed by atoms with van der Waals surface area (Å²) in [5.41, 5.74) is 7.47. The van der Waals surface area contributed by atoms with Crippen molar-refractivity contribution >= 4 is 10.8 Å². The Hall–Kier alpha value is -2.35. The molecular weight excluding hydrogens is 318 g/mol. The van der Waals surface area contributed by atoms with Gasteiger partial charge in [-0.1, -0.05) is 32.0 Å². The second kappa shape index (κ2) is 7.49. The molecule has 0 aliphatic carbocycles. The largest absolute Gasteiger partial charge is 0.493 e. The maximum absolute atomic E-state index is 6.02. The van der Waals surface area contributed by atoms with E-state index < -0.39 is 0 Å². The van der Waals surface area contributed by atoms with Crippen molar-refractivity contribution in [3.8, 4) is 5.75 Å². The molecule has 2 aromatic carbocycles. The van der Waals surface area contributed by atoms with Gasteiger partial charge in [0, 0.05) is 18.0 Å². The van der Waals surface area contributed by atoms with E-state index in [9.17, 15) is 0 Å². The predicted molar refractivity (Wildman–Crippen MR) is 110 cm³/mol. The molecule has 3 rings (SSSR count). The van der Waals surface area contributed by atoms with E-state index in [-0.39, 0.29) is 0 Å². The van der Waals surface area contributed by atoms with Crippen molar-refractivity contribution in [3.63, 3.8) is 0 Å². The van der Waals surface area contributed by atoms with Crippen LogP contribution < -0.4 is 4.74 Å². The van der Waals surface area contributed by atoms with Gasteiger partial charge in [-0.05, 0) is 78.9 Å². The minimum Gasteiger partial charge on any atom is -0.493 e. The molecule has 1 heterocycles. The van der Waals surface area contributed by atoms with Crippen LogP contribution in [0, 0.1) is 33.6 Å². The maximum Gasteiger partial charge on any atom is 0.125 e. The summed E-state index contributed by atoms with van der Waals surface area (Å²) in [7, 11) is 0. The molecule has 26 heavy (non-hydrogen) atoms. The molecular formula is C24H29NO. The number of ether oxygens (including phenoxy) is 1. The second-order valence-corrected chi connectivity index (χ2v) is 7.86. The fraction of sp³-hybridized carbons (Fsp3) is 0.375. The minimum absolute atomic E-state index is 0.528. The Morgan fingerprint density at radius 2 is 1.54 bits per heavy atom. The lowest BCUT2D eigenvalue weighted by molar-refractivity contribution is 0.267. The third-order valence-corrected chi connectivity index (χ3v) is 4.91. The summed E-state index contributed by atoms with van der Waals surface area (Å²) in [5, 5.41) is 2.52. The van der Waals surface area contributed by atoms with E-state index in [1.54, 1.807) is 0 Å². The summed E-state index contributed by atoms with van der Waals surface area (Å²) < 4.78 is 6.02. The number of rotatable bonds is 5. The Morgan fingerprint density at radius 3 is 2.19 bits per heavy atom. The van der Waals surface area contributed by atoms with Crippen molar-refractivity contribution in [1.29, 1.82) is 0 Å². The first-order valence-electron chi connectivity index (χ1n) is 9.43. The van der Waals surface area contributed by atoms with Gasteiger partial charge in [-0.15, -0.1) is 0 Å². The lowest BCUT2D eigenvalue weighted by Crippen LogP contribution is -2.07. The molecule has 0 aliphatic heterocycles. The van der Waals surface area contributed by atoms with Gasteiger partial charge in [-0.2, -0.15) is 0 Å². The van der Waals surface area contributed by atoms with Gasteiger partial charge < -0.3 is 4.74 Å². The number of hydrogen-bond donors (Lipinski definition) is 0. The number of fused-ring (bicyclic) bond motifs is 1. The first kappa shape index (κ1) is 18.4. The fourth-order valence-corrected chi connectivity index (χ4v) is 3.46. The molecule has 1 aromatic heterocycles. The van der Waals surface area contributed by atoms with Gasteiger partial charge in [0.1, 0.15) is 5.75 Å². The number of aryl methyl sites for hydroxylation is 4. The predicted octanol–water partition coefficient (Wildman–Crippen LogP) is 6.09. The zero-order valence-electron chi connectivity index (χ0n) is 16.8. The Morgan fingerprint density at radius 1 is 0.885 bits per heavy atom. The number of nitrogens with zero attached hydrogens (tertiary/aromatic N) is 1. The average molecular weight is 348 g/mol. The Labute approximate surface area is 157 Å². The van der Waals surface area contributed by atoms with E-state index in [2.05, 4.69) is 76.9 Å². The molecule has 0 aliphatic rings. The van der Waals surface area contributed by atoms with Gasteiger partial charge >= 0.3 is 0 Å². The van der Waals surface area contributed by atoms with E-state index in [1.165, 1.54) is 38.6 Å². The molecule has 0 unspecified atom stereocenters. The van der Waals surface area contributed by atoms with Gasteiger partial charge in [0.15, 0.2) is 0 Å². The lowest BCUT2D eigenvalue weighted by Gasteiger charge is -2.16. The van der Waals surface area contributed by atoms with Gasteiger partial charge in [-0.3, -0.25) is 4.98 Å². The minimum atomic E-state index is 0.528. The molecule has 2 heteroatoms. The zero-order valence-corrected chi connectivity index (χ0v) is 16.8. The standard InChI is InChI=1S/C24H29NO/c1-15(2)14-26-24-18(5)9-20(10-19(24)6)13-23-22-12-17(4)16(3)11-21(22)7-8-25-23/h7-12,15H,13-14H2,1-6H3. The first-order chi connectivity index (χ1) is 12.3. The number of aromatic nitrogens is 1. The van der Waals surface area contributed by atoms with Crippen molar-refractivity contribution in [2.45, 2.75) is 48.0 Å². The van der Waals surface area contributed by atoms with Crippen LogP contribution in [-0.4, -0.2) is 11.6 Å². The molecule has 0 spiro atoms. The SMILES string of the molecule is Cc1cc2ccnc(Cc3cc(C)c(OCC(C)C)c(C)c3)c2cc1C. The zero-order chi connectivity index (χ0) is 18.8. The van der Waals surface area contributed by atoms with E-state index in [0.29, 0.717) is 5.92 Å². The topological polar surface area (TPSA) is 22.1 Å². The Bertz CT molecular complexity index is 917. The molecule has 0 fully saturated rings. The summed E-state index contributed by atoms with van der Waals surface area (Å²) in [6, 6.07) is 11.1. The molecule has 0 amide bonds. The summed E-state index contributed by atoms with van der Waals surface area (Å²) in [4.78, 5) is 4.68. The van der Waals surface area contributed by atoms with Crippen LogP contribution in [0.4, 0.5) is 0 Å². The van der Waals surface area contributed by atoms with Crippen molar-refractivity contribution < 1.29 is 4.74 Å². The second-order valence-electron chi connectivity index (χ2n) is 7.86. The molecule has 0 atom stereocenters. The Kier molecular flexibility index (Phi) is 5.31. The van der Waals surface area contributed by atoms with Crippen molar-refractivity contribution in [1.82, 2.24) is 4.98 Å². The molecule has 0 N–H and O–H groups in total. The molecule has 136 valence electrons. The van der Waals surface area contributed by atoms with Gasteiger partial charge in [0.2, 0.25) is 0 Å². The van der Waals surface area contributed by atoms with Crippen LogP contribution in [0.5, 0.6) is 5.75 Å². The van der Waals surface area contributed by atoms with Gasteiger partial charge in [0.25, 0.3) is 0 Å². The molecule has 0 saturated heterocycles. The lowest BCUT2D eigenvalue weighted by atomic mass is 9.97.